The number of aliphatic carboxylic acids is 1. The molecule has 32 heavy (non-hydrogen) atoms. The van der Waals surface area contributed by atoms with Crippen molar-refractivity contribution in [1.29, 1.82) is 0 Å². The first-order valence-electron chi connectivity index (χ1n) is 9.05. The third-order valence-corrected chi connectivity index (χ3v) is 7.66. The van der Waals surface area contributed by atoms with Gasteiger partial charge < -0.3 is 21.4 Å². The number of carbonyl (C=O) groups excluding carboxylic acids is 2. The Kier molecular flexibility index (Phi) is 5.99. The van der Waals surface area contributed by atoms with Gasteiger partial charge in [0.2, 0.25) is 0 Å². The number of nitrogen functional groups attached to an aromatic ring is 1. The number of carbonyl (C=O) groups is 3. The van der Waals surface area contributed by atoms with Crippen LogP contribution in [0.3, 0.4) is 0 Å². The molecule has 4 heterocycles. The maximum absolute atomic E-state index is 12.8. The van der Waals surface area contributed by atoms with Crippen LogP contribution in [0.25, 0.3) is 6.08 Å². The molecule has 2 aliphatic heterocycles. The number of nitrogens with one attached hydrogen (secondary N) is 1. The second kappa shape index (κ2) is 8.72. The Labute approximate surface area is 193 Å². The zero-order valence-corrected chi connectivity index (χ0v) is 18.8. The number of fused-ring (bicyclic) bond motifs is 1. The molecule has 0 aliphatic carbocycles. The highest BCUT2D eigenvalue weighted by Gasteiger charge is 2.54. The smallest absolute Gasteiger partial charge is 0.352 e. The van der Waals surface area contributed by atoms with Gasteiger partial charge in [0.05, 0.1) is 11.2 Å². The standard InChI is InChI=1S/C18H16N6O5S3/c1-7-10(32-6-20-7)3-2-8-4-30-16-12(15(26)24(16)13(8)17(27)28)22-14(25)11(23-29)9-5-31-18(19)21-9/h2-3,5-6,12,16,29H,4H2,1H3,(H2,19,21)(H,22,25)(H,27,28)/b3-2+,23-11+/t12?,16-/m1/s1. The molecule has 0 saturated carbocycles. The molecule has 2 aliphatic rings. The summed E-state index contributed by atoms with van der Waals surface area (Å²) in [6.45, 7) is 1.85. The summed E-state index contributed by atoms with van der Waals surface area (Å²) in [5.74, 6) is -2.28. The van der Waals surface area contributed by atoms with Gasteiger partial charge in [0.1, 0.15) is 22.8 Å². The van der Waals surface area contributed by atoms with E-state index in [2.05, 4.69) is 20.4 Å². The first-order chi connectivity index (χ1) is 15.3. The monoisotopic (exact) mass is 492 g/mol. The van der Waals surface area contributed by atoms with Crippen LogP contribution in [0, 0.1) is 6.92 Å². The molecule has 166 valence electrons. The third-order valence-electron chi connectivity index (χ3n) is 4.79. The van der Waals surface area contributed by atoms with Crippen molar-refractivity contribution in [2.75, 3.05) is 11.5 Å². The van der Waals surface area contributed by atoms with Crippen LogP contribution in [0.5, 0.6) is 0 Å². The number of thiazole rings is 2. The van der Waals surface area contributed by atoms with Crippen molar-refractivity contribution in [3.05, 3.63) is 44.5 Å². The van der Waals surface area contributed by atoms with Crippen molar-refractivity contribution in [2.24, 2.45) is 5.16 Å². The minimum atomic E-state index is -1.23. The summed E-state index contributed by atoms with van der Waals surface area (Å²) in [4.78, 5) is 47.4. The van der Waals surface area contributed by atoms with Crippen molar-refractivity contribution in [3.8, 4) is 0 Å². The normalized spacial score (nSPS) is 21.0. The van der Waals surface area contributed by atoms with Crippen LogP contribution in [-0.2, 0) is 14.4 Å². The first-order valence-corrected chi connectivity index (χ1v) is 11.9. The van der Waals surface area contributed by atoms with Crippen LogP contribution < -0.4 is 11.1 Å². The summed E-state index contributed by atoms with van der Waals surface area (Å²) in [7, 11) is 0. The summed E-state index contributed by atoms with van der Waals surface area (Å²) in [6, 6.07) is -0.969. The number of aromatic nitrogens is 2. The third kappa shape index (κ3) is 3.87. The number of oxime groups is 1. The highest BCUT2D eigenvalue weighted by molar-refractivity contribution is 8.00. The first kappa shape index (κ1) is 22.0. The van der Waals surface area contributed by atoms with E-state index in [9.17, 15) is 24.7 Å². The number of amides is 2. The molecule has 0 aromatic carbocycles. The lowest BCUT2D eigenvalue weighted by Crippen LogP contribution is -2.71. The van der Waals surface area contributed by atoms with Gasteiger partial charge in [-0.1, -0.05) is 11.2 Å². The van der Waals surface area contributed by atoms with Crippen LogP contribution >= 0.6 is 34.4 Å². The largest absolute Gasteiger partial charge is 0.477 e. The average molecular weight is 493 g/mol. The summed E-state index contributed by atoms with van der Waals surface area (Å²) in [5.41, 5.74) is 8.13. The molecule has 2 atom stereocenters. The summed E-state index contributed by atoms with van der Waals surface area (Å²) >= 11 is 3.82. The zero-order chi connectivity index (χ0) is 23.0. The van der Waals surface area contributed by atoms with E-state index < -0.39 is 29.2 Å². The van der Waals surface area contributed by atoms with E-state index >= 15 is 0 Å². The fourth-order valence-electron chi connectivity index (χ4n) is 3.24. The van der Waals surface area contributed by atoms with E-state index in [0.29, 0.717) is 11.3 Å². The van der Waals surface area contributed by atoms with E-state index in [4.69, 9.17) is 5.73 Å². The molecule has 1 fully saturated rings. The van der Waals surface area contributed by atoms with Crippen molar-refractivity contribution in [3.63, 3.8) is 0 Å². The number of hydrogen-bond donors (Lipinski definition) is 4. The van der Waals surface area contributed by atoms with Gasteiger partial charge in [-0.3, -0.25) is 14.5 Å². The number of anilines is 1. The van der Waals surface area contributed by atoms with Crippen molar-refractivity contribution < 1.29 is 24.7 Å². The van der Waals surface area contributed by atoms with E-state index in [-0.39, 0.29) is 22.2 Å². The predicted molar refractivity (Wildman–Crippen MR) is 120 cm³/mol. The van der Waals surface area contributed by atoms with E-state index in [1.165, 1.54) is 28.5 Å². The van der Waals surface area contributed by atoms with Gasteiger partial charge in [0.25, 0.3) is 11.8 Å². The molecule has 2 amide bonds. The zero-order valence-electron chi connectivity index (χ0n) is 16.4. The lowest BCUT2D eigenvalue weighted by Gasteiger charge is -2.49. The van der Waals surface area contributed by atoms with Gasteiger partial charge in [-0.25, -0.2) is 14.8 Å². The van der Waals surface area contributed by atoms with Crippen molar-refractivity contribution >= 4 is 69.1 Å². The van der Waals surface area contributed by atoms with Crippen LogP contribution in [-0.4, -0.2) is 65.8 Å². The molecular weight excluding hydrogens is 476 g/mol. The molecular formula is C18H16N6O5S3. The maximum Gasteiger partial charge on any atom is 0.352 e. The molecule has 5 N–H and O–H groups in total. The number of hydrogen-bond acceptors (Lipinski definition) is 11. The summed E-state index contributed by atoms with van der Waals surface area (Å²) in [5, 5.41) is 25.5. The Morgan fingerprint density at radius 1 is 1.38 bits per heavy atom. The van der Waals surface area contributed by atoms with Gasteiger partial charge in [-0.2, -0.15) is 0 Å². The van der Waals surface area contributed by atoms with E-state index in [0.717, 1.165) is 26.8 Å². The van der Waals surface area contributed by atoms with Gasteiger partial charge in [0, 0.05) is 16.0 Å². The Hall–Kier alpha value is -3.23. The van der Waals surface area contributed by atoms with Crippen LogP contribution in [0.15, 0.2) is 33.4 Å². The number of thioether (sulfide) groups is 1. The van der Waals surface area contributed by atoms with Crippen LogP contribution in [0.4, 0.5) is 5.13 Å². The Balaban J connectivity index is 1.53. The molecule has 4 rings (SSSR count). The Morgan fingerprint density at radius 3 is 2.75 bits per heavy atom. The lowest BCUT2D eigenvalue weighted by atomic mass is 10.0. The molecule has 1 saturated heterocycles. The minimum absolute atomic E-state index is 0.0735. The lowest BCUT2D eigenvalue weighted by molar-refractivity contribution is -0.150. The highest BCUT2D eigenvalue weighted by atomic mass is 32.2. The molecule has 1 unspecified atom stereocenters. The number of nitrogens with two attached hydrogens (primary N) is 1. The van der Waals surface area contributed by atoms with Gasteiger partial charge >= 0.3 is 5.97 Å². The molecule has 0 radical (unpaired) electrons. The Morgan fingerprint density at radius 2 is 2.16 bits per heavy atom. The fraction of sp³-hybridized carbons (Fsp3) is 0.222. The van der Waals surface area contributed by atoms with Crippen LogP contribution in [0.1, 0.15) is 16.3 Å². The van der Waals surface area contributed by atoms with Gasteiger partial charge in [-0.15, -0.1) is 34.4 Å². The number of rotatable bonds is 6. The van der Waals surface area contributed by atoms with E-state index in [1.807, 2.05) is 6.92 Å². The van der Waals surface area contributed by atoms with Gasteiger partial charge in [-0.05, 0) is 18.6 Å². The topological polar surface area (TPSA) is 171 Å². The predicted octanol–water partition coefficient (Wildman–Crippen LogP) is 1.12. The van der Waals surface area contributed by atoms with Crippen molar-refractivity contribution in [1.82, 2.24) is 20.2 Å². The molecule has 2 aromatic rings. The Bertz CT molecular complexity index is 1200. The van der Waals surface area contributed by atoms with Crippen LogP contribution in [0.2, 0.25) is 0 Å². The second-order valence-corrected chi connectivity index (χ2v) is 9.58. The maximum atomic E-state index is 12.8. The number of β-lactam (4-membered cyclic amide) rings is 1. The van der Waals surface area contributed by atoms with E-state index in [1.54, 1.807) is 17.7 Å². The van der Waals surface area contributed by atoms with Gasteiger partial charge in [0.15, 0.2) is 10.8 Å². The molecule has 0 spiro atoms. The molecule has 2 aromatic heterocycles. The minimum Gasteiger partial charge on any atom is -0.477 e. The molecule has 0 bridgehead atoms. The average Bonchev–Trinajstić information content (AvgIpc) is 3.37. The summed E-state index contributed by atoms with van der Waals surface area (Å²) in [6.07, 6.45) is 3.45. The second-order valence-electron chi connectivity index (χ2n) is 6.69. The number of nitrogens with zero attached hydrogens (tertiary/aromatic N) is 4. The number of carboxylic acids is 1. The van der Waals surface area contributed by atoms with Crippen molar-refractivity contribution in [2.45, 2.75) is 18.3 Å². The number of allylic oxidation sites excluding steroid dienone is 1. The number of aryl methyl sites for hydroxylation is 1. The SMILES string of the molecule is Cc1ncsc1/C=C/C1=C(C(=O)O)N2C(=O)C(NC(=O)/C(=N/O)c3csc(N)n3)[C@H]2SC1. The highest BCUT2D eigenvalue weighted by Crippen LogP contribution is 2.41. The molecule has 11 nitrogen and oxygen atoms in total. The molecule has 14 heteroatoms. The number of carboxylic acid groups (broad SMARTS) is 1. The quantitative estimate of drug-likeness (QED) is 0.200. The fourth-order valence-corrected chi connectivity index (χ4v) is 5.80. The summed E-state index contributed by atoms with van der Waals surface area (Å²) < 4.78 is 0.